The third-order valence-corrected chi connectivity index (χ3v) is 10.6. The van der Waals surface area contributed by atoms with Crippen LogP contribution in [-0.4, -0.2) is 64.3 Å². The van der Waals surface area contributed by atoms with Crippen molar-refractivity contribution in [3.05, 3.63) is 66.4 Å². The first kappa shape index (κ1) is 32.8. The molecule has 39 heavy (non-hydrogen) atoms. The van der Waals surface area contributed by atoms with Crippen LogP contribution in [0.4, 0.5) is 4.79 Å². The molecule has 1 amide bonds. The van der Waals surface area contributed by atoms with Gasteiger partial charge in [0.1, 0.15) is 19.0 Å². The van der Waals surface area contributed by atoms with Gasteiger partial charge in [-0.05, 0) is 38.3 Å². The van der Waals surface area contributed by atoms with Crippen LogP contribution < -0.4 is 10.5 Å². The summed E-state index contributed by atoms with van der Waals surface area (Å²) >= 11 is 0. The molecular formula is C24H33N2O10P3. The number of rotatable bonds is 12. The van der Waals surface area contributed by atoms with Crippen molar-refractivity contribution in [3.63, 3.8) is 0 Å². The Morgan fingerprint density at radius 2 is 1.79 bits per heavy atom. The number of allylic oxidation sites excluding steroid dienone is 3. The molecule has 1 heterocycles. The zero-order valence-electron chi connectivity index (χ0n) is 21.6. The molecule has 5 atom stereocenters. The molecule has 1 aliphatic heterocycles. The summed E-state index contributed by atoms with van der Waals surface area (Å²) in [4.78, 5) is 46.7. The first-order valence-electron chi connectivity index (χ1n) is 11.7. The summed E-state index contributed by atoms with van der Waals surface area (Å²) < 4.78 is 26.7. The van der Waals surface area contributed by atoms with E-state index in [1.54, 1.807) is 30.4 Å². The maximum Gasteiger partial charge on any atom is 0.415 e. The average Bonchev–Trinajstić information content (AvgIpc) is 3.03. The van der Waals surface area contributed by atoms with Crippen LogP contribution in [-0.2, 0) is 28.1 Å². The molecule has 0 saturated carbocycles. The van der Waals surface area contributed by atoms with Gasteiger partial charge in [0.2, 0.25) is 8.38 Å². The minimum atomic E-state index is -2.29. The summed E-state index contributed by atoms with van der Waals surface area (Å²) in [7, 11) is -2.55. The molecule has 5 unspecified atom stereocenters. The second kappa shape index (κ2) is 16.6. The molecule has 1 aromatic rings. The Morgan fingerprint density at radius 1 is 1.18 bits per heavy atom. The maximum absolute atomic E-state index is 12.7. The van der Waals surface area contributed by atoms with E-state index in [4.69, 9.17) is 29.0 Å². The Kier molecular flexibility index (Phi) is 14.0. The minimum Gasteiger partial charge on any atom is -0.464 e. The molecule has 214 valence electrons. The van der Waals surface area contributed by atoms with Gasteiger partial charge in [0.05, 0.1) is 13.1 Å². The summed E-state index contributed by atoms with van der Waals surface area (Å²) in [6.45, 7) is 6.21. The monoisotopic (exact) mass is 602 g/mol. The summed E-state index contributed by atoms with van der Waals surface area (Å²) in [5.41, 5.74) is 6.60. The van der Waals surface area contributed by atoms with Gasteiger partial charge in [-0.2, -0.15) is 0 Å². The van der Waals surface area contributed by atoms with E-state index in [-0.39, 0.29) is 55.2 Å². The van der Waals surface area contributed by atoms with Crippen LogP contribution in [0.15, 0.2) is 60.8 Å². The minimum absolute atomic E-state index is 0.0391. The Labute approximate surface area is 231 Å². The van der Waals surface area contributed by atoms with Crippen molar-refractivity contribution in [2.24, 2.45) is 5.73 Å². The van der Waals surface area contributed by atoms with Gasteiger partial charge in [-0.1, -0.05) is 30.9 Å². The quantitative estimate of drug-likeness (QED) is 0.181. The number of carbonyl (C=O) groups excluding carboxylic acids is 3. The van der Waals surface area contributed by atoms with E-state index in [0.29, 0.717) is 11.1 Å². The fraction of sp³-hybridized carbons (Fsp3) is 0.375. The highest BCUT2D eigenvalue weighted by atomic mass is 32.0. The number of ether oxygens (including phenoxy) is 3. The lowest BCUT2D eigenvalue weighted by Crippen LogP contribution is -2.39. The molecule has 0 spiro atoms. The first-order chi connectivity index (χ1) is 18.6. The van der Waals surface area contributed by atoms with Gasteiger partial charge in [0.25, 0.3) is 0 Å². The fourth-order valence-electron chi connectivity index (χ4n) is 3.07. The zero-order chi connectivity index (χ0) is 28.8. The van der Waals surface area contributed by atoms with Crippen molar-refractivity contribution < 1.29 is 47.6 Å². The van der Waals surface area contributed by atoms with Gasteiger partial charge in [-0.25, -0.2) is 4.79 Å². The van der Waals surface area contributed by atoms with E-state index in [1.807, 2.05) is 0 Å². The molecule has 12 nitrogen and oxygen atoms in total. The third-order valence-electron chi connectivity index (χ3n) is 5.01. The highest BCUT2D eigenvalue weighted by Crippen LogP contribution is 2.69. The third kappa shape index (κ3) is 11.3. The summed E-state index contributed by atoms with van der Waals surface area (Å²) in [6.07, 6.45) is 4.68. The molecule has 1 aliphatic rings. The van der Waals surface area contributed by atoms with Crippen molar-refractivity contribution in [3.8, 4) is 5.75 Å². The van der Waals surface area contributed by atoms with E-state index >= 15 is 0 Å². The van der Waals surface area contributed by atoms with Crippen molar-refractivity contribution in [2.75, 3.05) is 26.3 Å². The van der Waals surface area contributed by atoms with Gasteiger partial charge in [-0.15, -0.1) is 0 Å². The molecule has 2 rings (SSSR count). The molecule has 0 radical (unpaired) electrons. The summed E-state index contributed by atoms with van der Waals surface area (Å²) in [6, 6.07) is 6.27. The number of benzene rings is 1. The van der Waals surface area contributed by atoms with E-state index in [2.05, 4.69) is 6.58 Å². The molecule has 15 heteroatoms. The standard InChI is InChI=1S/C24H33N2O10P3/c1-4-19(6-5-11-25)16-24(30)37-38-35-22(36-39(24)31)20-7-9-21(10-8-20)34-23(29)26(12-14-32-17(2)27)13-15-33-18(3)28/h4-11,22,30-31,37-38H,1,12-16,25H2,2-3H3/b11-5-,19-6+. The molecular weight excluding hydrogens is 569 g/mol. The lowest BCUT2D eigenvalue weighted by molar-refractivity contribution is -0.141. The number of esters is 2. The van der Waals surface area contributed by atoms with Crippen LogP contribution in [0, 0.1) is 0 Å². The van der Waals surface area contributed by atoms with Gasteiger partial charge in [0.15, 0.2) is 11.4 Å². The van der Waals surface area contributed by atoms with Crippen LogP contribution in [0.1, 0.15) is 32.1 Å². The first-order valence-corrected chi connectivity index (χ1v) is 15.8. The number of aliphatic hydroxyl groups is 1. The van der Waals surface area contributed by atoms with Crippen molar-refractivity contribution >= 4 is 43.2 Å². The smallest absolute Gasteiger partial charge is 0.415 e. The van der Waals surface area contributed by atoms with Crippen LogP contribution >= 0.6 is 25.1 Å². The van der Waals surface area contributed by atoms with Crippen LogP contribution in [0.2, 0.25) is 0 Å². The second-order valence-electron chi connectivity index (χ2n) is 7.98. The largest absolute Gasteiger partial charge is 0.464 e. The van der Waals surface area contributed by atoms with Crippen LogP contribution in [0.25, 0.3) is 0 Å². The molecule has 0 aromatic heterocycles. The molecule has 0 bridgehead atoms. The highest BCUT2D eigenvalue weighted by Gasteiger charge is 2.42. The number of carbonyl (C=O) groups is 3. The zero-order valence-corrected chi connectivity index (χ0v) is 24.5. The lowest BCUT2D eigenvalue weighted by atomic mass is 10.2. The number of amides is 1. The van der Waals surface area contributed by atoms with E-state index in [0.717, 1.165) is 0 Å². The number of nitrogens with two attached hydrogens (primary N) is 1. The number of hydrogen-bond donors (Lipinski definition) is 3. The molecule has 1 fully saturated rings. The molecule has 1 aromatic carbocycles. The fourth-order valence-corrected chi connectivity index (χ4v) is 7.86. The van der Waals surface area contributed by atoms with Gasteiger partial charge < -0.3 is 39.4 Å². The second-order valence-corrected chi connectivity index (χ2v) is 12.8. The molecule has 0 aliphatic carbocycles. The maximum atomic E-state index is 12.7. The molecule has 4 N–H and O–H groups in total. The Balaban J connectivity index is 2.04. The summed E-state index contributed by atoms with van der Waals surface area (Å²) in [5, 5.41) is 9.58. The Bertz CT molecular complexity index is 1030. The van der Waals surface area contributed by atoms with E-state index in [1.165, 1.54) is 37.1 Å². The SMILES string of the molecule is C=C/C(=C\C=C/N)CC1(O)PPOC(c2ccc(OC(=O)N(CCOC(C)=O)CCOC(C)=O)cc2)OP1O. The lowest BCUT2D eigenvalue weighted by Gasteiger charge is -2.29. The normalized spacial score (nSPS) is 22.8. The van der Waals surface area contributed by atoms with Gasteiger partial charge >= 0.3 is 18.0 Å². The van der Waals surface area contributed by atoms with Crippen molar-refractivity contribution in [1.29, 1.82) is 0 Å². The predicted molar refractivity (Wildman–Crippen MR) is 149 cm³/mol. The predicted octanol–water partition coefficient (Wildman–Crippen LogP) is 3.77. The molecule has 1 saturated heterocycles. The van der Waals surface area contributed by atoms with Crippen LogP contribution in [0.5, 0.6) is 5.75 Å². The van der Waals surface area contributed by atoms with Crippen LogP contribution in [0.3, 0.4) is 0 Å². The number of nitrogens with zero attached hydrogens (tertiary/aromatic N) is 1. The summed E-state index contributed by atoms with van der Waals surface area (Å²) in [5.74, 6) is -0.771. The van der Waals surface area contributed by atoms with Crippen molar-refractivity contribution in [1.82, 2.24) is 4.90 Å². The average molecular weight is 602 g/mol. The topological polar surface area (TPSA) is 167 Å². The Morgan fingerprint density at radius 3 is 2.33 bits per heavy atom. The Hall–Kier alpha value is -2.42. The van der Waals surface area contributed by atoms with Gasteiger partial charge in [0, 0.05) is 34.3 Å². The van der Waals surface area contributed by atoms with Gasteiger partial charge in [-0.3, -0.25) is 14.1 Å². The van der Waals surface area contributed by atoms with E-state index < -0.39 is 37.8 Å². The highest BCUT2D eigenvalue weighted by molar-refractivity contribution is 8.12. The van der Waals surface area contributed by atoms with E-state index in [9.17, 15) is 24.4 Å². The van der Waals surface area contributed by atoms with Crippen molar-refractivity contribution in [2.45, 2.75) is 31.6 Å². The number of hydrogen-bond acceptors (Lipinski definition) is 11.